The van der Waals surface area contributed by atoms with Crippen LogP contribution < -0.4 is 5.73 Å². The molecule has 0 radical (unpaired) electrons. The molecule has 6 heteroatoms. The first-order valence-corrected chi connectivity index (χ1v) is 6.78. The summed E-state index contributed by atoms with van der Waals surface area (Å²) in [5, 5.41) is 0. The molecule has 0 saturated carbocycles. The summed E-state index contributed by atoms with van der Waals surface area (Å²) in [6.45, 7) is 3.95. The lowest BCUT2D eigenvalue weighted by molar-refractivity contribution is 0.0521. The molecule has 3 heterocycles. The van der Waals surface area contributed by atoms with E-state index in [9.17, 15) is 4.79 Å². The molecule has 0 aromatic carbocycles. The van der Waals surface area contributed by atoms with Gasteiger partial charge in [0.1, 0.15) is 11.6 Å². The van der Waals surface area contributed by atoms with Gasteiger partial charge in [0.25, 0.3) is 0 Å². The second-order valence-electron chi connectivity index (χ2n) is 5.16. The maximum atomic E-state index is 11.8. The number of imidazole rings is 1. The molecule has 2 aliphatic rings. The van der Waals surface area contributed by atoms with Crippen LogP contribution in [0, 0.1) is 6.92 Å². The van der Waals surface area contributed by atoms with Gasteiger partial charge in [-0.05, 0) is 33.1 Å². The van der Waals surface area contributed by atoms with Crippen LogP contribution in [0.5, 0.6) is 0 Å². The number of aryl methyl sites for hydroxylation is 1. The summed E-state index contributed by atoms with van der Waals surface area (Å²) in [6, 6.07) is 0.203. The first-order chi connectivity index (χ1) is 9.11. The van der Waals surface area contributed by atoms with E-state index in [1.807, 2.05) is 11.5 Å². The van der Waals surface area contributed by atoms with Gasteiger partial charge in [0.15, 0.2) is 5.69 Å². The molecule has 6 nitrogen and oxygen atoms in total. The highest BCUT2D eigenvalue weighted by Gasteiger charge is 2.43. The van der Waals surface area contributed by atoms with Crippen LogP contribution in [0.25, 0.3) is 0 Å². The highest BCUT2D eigenvalue weighted by atomic mass is 16.5. The normalized spacial score (nSPS) is 28.8. The van der Waals surface area contributed by atoms with E-state index in [0.717, 1.165) is 25.1 Å². The minimum absolute atomic E-state index is 0.203. The number of carbonyl (C=O) groups excluding carboxylic acids is 1. The quantitative estimate of drug-likeness (QED) is 0.837. The maximum absolute atomic E-state index is 11.8. The van der Waals surface area contributed by atoms with Gasteiger partial charge in [0, 0.05) is 0 Å². The zero-order valence-electron chi connectivity index (χ0n) is 11.3. The number of carbonyl (C=O) groups is 1. The Bertz CT molecular complexity index is 511. The number of hydrogen-bond acceptors (Lipinski definition) is 5. The van der Waals surface area contributed by atoms with Gasteiger partial charge in [-0.15, -0.1) is 0 Å². The average molecular weight is 265 g/mol. The van der Waals surface area contributed by atoms with Crippen LogP contribution in [0.1, 0.15) is 48.5 Å². The van der Waals surface area contributed by atoms with E-state index in [2.05, 4.69) is 4.98 Å². The molecule has 2 aliphatic heterocycles. The number of ether oxygens (including phenoxy) is 2. The third-order valence-corrected chi connectivity index (χ3v) is 4.00. The number of hydrogen-bond donors (Lipinski definition) is 1. The van der Waals surface area contributed by atoms with Crippen molar-refractivity contribution in [2.75, 3.05) is 12.3 Å². The standard InChI is InChI=1S/C13H19N3O3/c1-3-18-13(17)11-12(14)16(7(2)15-11)9-6-8-4-5-10(9)19-8/h8-10H,3-6,14H2,1-2H3. The number of fused-ring (bicyclic) bond motifs is 2. The van der Waals surface area contributed by atoms with Crippen molar-refractivity contribution in [2.45, 2.75) is 51.4 Å². The molecule has 2 N–H and O–H groups in total. The van der Waals surface area contributed by atoms with E-state index >= 15 is 0 Å². The second-order valence-corrected chi connectivity index (χ2v) is 5.16. The topological polar surface area (TPSA) is 79.4 Å². The molecule has 3 rings (SSSR count). The summed E-state index contributed by atoms with van der Waals surface area (Å²) < 4.78 is 12.8. The number of nitrogens with zero attached hydrogens (tertiary/aromatic N) is 2. The summed E-state index contributed by atoms with van der Waals surface area (Å²) in [4.78, 5) is 16.1. The number of nitrogen functional groups attached to an aromatic ring is 1. The first kappa shape index (κ1) is 12.5. The number of anilines is 1. The van der Waals surface area contributed by atoms with Gasteiger partial charge < -0.3 is 19.8 Å². The molecular weight excluding hydrogens is 246 g/mol. The highest BCUT2D eigenvalue weighted by Crippen LogP contribution is 2.43. The van der Waals surface area contributed by atoms with Crippen LogP contribution in [0.15, 0.2) is 0 Å². The molecule has 2 fully saturated rings. The Balaban J connectivity index is 1.92. The minimum atomic E-state index is -0.453. The van der Waals surface area contributed by atoms with Crippen molar-refractivity contribution in [2.24, 2.45) is 0 Å². The molecule has 2 saturated heterocycles. The van der Waals surface area contributed by atoms with Crippen molar-refractivity contribution in [3.8, 4) is 0 Å². The fraction of sp³-hybridized carbons (Fsp3) is 0.692. The van der Waals surface area contributed by atoms with E-state index in [0.29, 0.717) is 18.5 Å². The minimum Gasteiger partial charge on any atom is -0.461 e. The van der Waals surface area contributed by atoms with Crippen LogP contribution >= 0.6 is 0 Å². The molecule has 0 amide bonds. The predicted octanol–water partition coefficient (Wildman–Crippen LogP) is 1.44. The van der Waals surface area contributed by atoms with E-state index in [1.165, 1.54) is 0 Å². The Hall–Kier alpha value is -1.56. The van der Waals surface area contributed by atoms with E-state index in [1.54, 1.807) is 6.92 Å². The molecule has 3 unspecified atom stereocenters. The van der Waals surface area contributed by atoms with Gasteiger partial charge in [0.05, 0.1) is 24.9 Å². The van der Waals surface area contributed by atoms with Crippen LogP contribution in [0.3, 0.4) is 0 Å². The third-order valence-electron chi connectivity index (χ3n) is 4.00. The molecule has 0 spiro atoms. The molecular formula is C13H19N3O3. The predicted molar refractivity (Wildman–Crippen MR) is 68.9 cm³/mol. The Labute approximate surface area is 111 Å². The van der Waals surface area contributed by atoms with Gasteiger partial charge in [-0.3, -0.25) is 0 Å². The van der Waals surface area contributed by atoms with Gasteiger partial charge in [-0.25, -0.2) is 9.78 Å². The number of rotatable bonds is 3. The molecule has 0 aliphatic carbocycles. The zero-order chi connectivity index (χ0) is 13.6. The van der Waals surface area contributed by atoms with E-state index in [4.69, 9.17) is 15.2 Å². The highest BCUT2D eigenvalue weighted by molar-refractivity contribution is 5.92. The van der Waals surface area contributed by atoms with Crippen molar-refractivity contribution in [1.29, 1.82) is 0 Å². The number of nitrogens with two attached hydrogens (primary N) is 1. The van der Waals surface area contributed by atoms with Crippen molar-refractivity contribution in [3.05, 3.63) is 11.5 Å². The SMILES string of the molecule is CCOC(=O)c1nc(C)n(C2CC3CCC2O3)c1N. The Kier molecular flexibility index (Phi) is 2.97. The van der Waals surface area contributed by atoms with Gasteiger partial charge in [-0.2, -0.15) is 0 Å². The van der Waals surface area contributed by atoms with Gasteiger partial charge in [-0.1, -0.05) is 0 Å². The third kappa shape index (κ3) is 1.90. The zero-order valence-corrected chi connectivity index (χ0v) is 11.3. The molecule has 2 bridgehead atoms. The van der Waals surface area contributed by atoms with Crippen LogP contribution in [0.2, 0.25) is 0 Å². The van der Waals surface area contributed by atoms with Crippen molar-refractivity contribution < 1.29 is 14.3 Å². The fourth-order valence-corrected chi connectivity index (χ4v) is 3.21. The maximum Gasteiger partial charge on any atom is 0.360 e. The van der Waals surface area contributed by atoms with E-state index in [-0.39, 0.29) is 17.8 Å². The molecule has 1 aromatic rings. The van der Waals surface area contributed by atoms with Crippen LogP contribution in [-0.2, 0) is 9.47 Å². The lowest BCUT2D eigenvalue weighted by Crippen LogP contribution is -2.23. The summed E-state index contributed by atoms with van der Waals surface area (Å²) in [5.74, 6) is 0.699. The smallest absolute Gasteiger partial charge is 0.360 e. The summed E-state index contributed by atoms with van der Waals surface area (Å²) in [6.07, 6.45) is 3.67. The number of esters is 1. The Morgan fingerprint density at radius 1 is 1.58 bits per heavy atom. The Morgan fingerprint density at radius 2 is 2.37 bits per heavy atom. The largest absolute Gasteiger partial charge is 0.461 e. The molecule has 3 atom stereocenters. The van der Waals surface area contributed by atoms with Gasteiger partial charge >= 0.3 is 5.97 Å². The monoisotopic (exact) mass is 265 g/mol. The Morgan fingerprint density at radius 3 is 2.95 bits per heavy atom. The molecule has 19 heavy (non-hydrogen) atoms. The average Bonchev–Trinajstić information content (AvgIpc) is 3.04. The number of aromatic nitrogens is 2. The van der Waals surface area contributed by atoms with Crippen molar-refractivity contribution in [1.82, 2.24) is 9.55 Å². The lowest BCUT2D eigenvalue weighted by atomic mass is 9.95. The molecule has 1 aromatic heterocycles. The summed E-state index contributed by atoms with van der Waals surface area (Å²) in [7, 11) is 0. The van der Waals surface area contributed by atoms with Crippen LogP contribution in [-0.4, -0.2) is 34.3 Å². The first-order valence-electron chi connectivity index (χ1n) is 6.78. The van der Waals surface area contributed by atoms with E-state index < -0.39 is 5.97 Å². The fourth-order valence-electron chi connectivity index (χ4n) is 3.21. The molecule has 104 valence electrons. The summed E-state index contributed by atoms with van der Waals surface area (Å²) >= 11 is 0. The second kappa shape index (κ2) is 4.52. The van der Waals surface area contributed by atoms with Crippen molar-refractivity contribution in [3.63, 3.8) is 0 Å². The van der Waals surface area contributed by atoms with Crippen LogP contribution in [0.4, 0.5) is 5.82 Å². The summed E-state index contributed by atoms with van der Waals surface area (Å²) in [5.41, 5.74) is 6.32. The van der Waals surface area contributed by atoms with Crippen molar-refractivity contribution >= 4 is 11.8 Å². The van der Waals surface area contributed by atoms with Gasteiger partial charge in [0.2, 0.25) is 0 Å². The lowest BCUT2D eigenvalue weighted by Gasteiger charge is -2.22.